The third kappa shape index (κ3) is 1.34. The highest BCUT2D eigenvalue weighted by molar-refractivity contribution is 6.09. The van der Waals surface area contributed by atoms with Crippen LogP contribution >= 0.6 is 0 Å². The fraction of sp³-hybridized carbons (Fsp3) is 0.0769. The van der Waals surface area contributed by atoms with E-state index in [0.29, 0.717) is 0 Å². The van der Waals surface area contributed by atoms with E-state index in [1.165, 1.54) is 5.56 Å². The Bertz CT molecular complexity index is 493. The Kier molecular flexibility index (Phi) is 1.85. The number of benzene rings is 1. The summed E-state index contributed by atoms with van der Waals surface area (Å²) in [5.41, 5.74) is 2.32. The molecule has 2 aliphatic rings. The molecule has 1 unspecified atom stereocenters. The van der Waals surface area contributed by atoms with Crippen LogP contribution in [0, 0.1) is 0 Å². The lowest BCUT2D eigenvalue weighted by atomic mass is 10.0. The fourth-order valence-electron chi connectivity index (χ4n) is 1.91. The van der Waals surface area contributed by atoms with Gasteiger partial charge in [0.05, 0.1) is 6.20 Å². The van der Waals surface area contributed by atoms with Crippen LogP contribution in [0.25, 0.3) is 0 Å². The molecule has 2 aliphatic heterocycles. The van der Waals surface area contributed by atoms with Crippen molar-refractivity contribution in [3.63, 3.8) is 0 Å². The summed E-state index contributed by atoms with van der Waals surface area (Å²) in [5.74, 6) is 0. The first-order valence-corrected chi connectivity index (χ1v) is 5.04. The molecule has 0 spiro atoms. The lowest BCUT2D eigenvalue weighted by molar-refractivity contribution is -0.460. The van der Waals surface area contributed by atoms with Gasteiger partial charge in [0.1, 0.15) is 0 Å². The molecule has 1 atom stereocenters. The molecule has 0 bridgehead atoms. The van der Waals surface area contributed by atoms with Crippen LogP contribution in [0.5, 0.6) is 0 Å². The van der Waals surface area contributed by atoms with Crippen molar-refractivity contribution in [1.82, 2.24) is 0 Å². The van der Waals surface area contributed by atoms with Crippen molar-refractivity contribution in [2.45, 2.75) is 6.04 Å². The van der Waals surface area contributed by atoms with Gasteiger partial charge >= 0.3 is 0 Å². The van der Waals surface area contributed by atoms with Crippen molar-refractivity contribution < 1.29 is 4.58 Å². The Hall–Kier alpha value is -1.96. The molecule has 0 saturated carbocycles. The highest BCUT2D eigenvalue weighted by Crippen LogP contribution is 2.15. The maximum absolute atomic E-state index is 4.47. The van der Waals surface area contributed by atoms with Gasteiger partial charge in [0.15, 0.2) is 6.04 Å². The summed E-state index contributed by atoms with van der Waals surface area (Å²) in [4.78, 5) is 4.47. The molecule has 0 saturated heterocycles. The zero-order valence-electron chi connectivity index (χ0n) is 8.25. The van der Waals surface area contributed by atoms with Crippen LogP contribution < -0.4 is 0 Å². The topological polar surface area (TPSA) is 15.4 Å². The average Bonchev–Trinajstić information content (AvgIpc) is 2.74. The number of allylic oxidation sites excluding steroid dienone is 2. The highest BCUT2D eigenvalue weighted by Gasteiger charge is 2.30. The minimum absolute atomic E-state index is 0.275. The molecular formula is C13H11N2+. The standard InChI is InChI=1S/C13H11N2/c1-2-6-11(7-3-1)13-12-8-4-5-9-15(12)10-14-13/h1-10,12H/q+1. The van der Waals surface area contributed by atoms with Crippen LogP contribution in [0.2, 0.25) is 0 Å². The van der Waals surface area contributed by atoms with Crippen molar-refractivity contribution in [2.75, 3.05) is 0 Å². The lowest BCUT2D eigenvalue weighted by Gasteiger charge is -2.09. The molecule has 72 valence electrons. The lowest BCUT2D eigenvalue weighted by Crippen LogP contribution is -2.26. The van der Waals surface area contributed by atoms with Crippen LogP contribution in [0.15, 0.2) is 59.8 Å². The third-order valence-electron chi connectivity index (χ3n) is 2.66. The molecule has 2 heterocycles. The van der Waals surface area contributed by atoms with Gasteiger partial charge < -0.3 is 0 Å². The first-order valence-electron chi connectivity index (χ1n) is 5.04. The minimum Gasteiger partial charge on any atom is -0.223 e. The molecule has 0 aliphatic carbocycles. The number of nitrogens with zero attached hydrogens (tertiary/aromatic N) is 2. The largest absolute Gasteiger partial charge is 0.287 e. The van der Waals surface area contributed by atoms with Gasteiger partial charge in [-0.1, -0.05) is 36.4 Å². The van der Waals surface area contributed by atoms with Crippen molar-refractivity contribution in [1.29, 1.82) is 0 Å². The smallest absolute Gasteiger partial charge is 0.223 e. The van der Waals surface area contributed by atoms with Crippen LogP contribution in [0.1, 0.15) is 5.56 Å². The predicted molar refractivity (Wildman–Crippen MR) is 61.4 cm³/mol. The second-order valence-corrected chi connectivity index (χ2v) is 3.61. The summed E-state index contributed by atoms with van der Waals surface area (Å²) >= 11 is 0. The average molecular weight is 195 g/mol. The zero-order chi connectivity index (χ0) is 10.1. The normalized spacial score (nSPS) is 22.3. The van der Waals surface area contributed by atoms with Gasteiger partial charge in [-0.2, -0.15) is 0 Å². The summed E-state index contributed by atoms with van der Waals surface area (Å²) < 4.78 is 2.11. The number of hydrogen-bond acceptors (Lipinski definition) is 1. The van der Waals surface area contributed by atoms with Gasteiger partial charge in [-0.05, 0) is 17.1 Å². The van der Waals surface area contributed by atoms with Gasteiger partial charge in [-0.15, -0.1) is 0 Å². The molecule has 3 rings (SSSR count). The summed E-state index contributed by atoms with van der Waals surface area (Å²) in [6.45, 7) is 0. The Morgan fingerprint density at radius 1 is 1.07 bits per heavy atom. The predicted octanol–water partition coefficient (Wildman–Crippen LogP) is 1.98. The van der Waals surface area contributed by atoms with Crippen molar-refractivity contribution in [2.24, 2.45) is 4.99 Å². The Labute approximate surface area is 88.6 Å². The van der Waals surface area contributed by atoms with E-state index in [1.807, 2.05) is 36.8 Å². The van der Waals surface area contributed by atoms with Crippen LogP contribution in [0.3, 0.4) is 0 Å². The van der Waals surface area contributed by atoms with Crippen molar-refractivity contribution in [3.05, 3.63) is 60.3 Å². The number of hydrogen-bond donors (Lipinski definition) is 0. The SMILES string of the molecule is C1=CC2C(c3ccccc3)=NC=[N+]2C=C1. The molecular weight excluding hydrogens is 184 g/mol. The van der Waals surface area contributed by atoms with E-state index in [2.05, 4.69) is 33.9 Å². The maximum Gasteiger partial charge on any atom is 0.287 e. The van der Waals surface area contributed by atoms with Gasteiger partial charge in [-0.3, -0.25) is 0 Å². The maximum atomic E-state index is 4.47. The van der Waals surface area contributed by atoms with E-state index in [4.69, 9.17) is 0 Å². The molecule has 0 N–H and O–H groups in total. The molecule has 0 radical (unpaired) electrons. The molecule has 1 aromatic rings. The monoisotopic (exact) mass is 195 g/mol. The molecule has 1 aromatic carbocycles. The molecule has 0 amide bonds. The summed E-state index contributed by atoms with van der Waals surface area (Å²) in [6, 6.07) is 10.6. The summed E-state index contributed by atoms with van der Waals surface area (Å²) in [5, 5.41) is 0. The first kappa shape index (κ1) is 8.36. The van der Waals surface area contributed by atoms with Crippen molar-refractivity contribution in [3.8, 4) is 0 Å². The van der Waals surface area contributed by atoms with E-state index in [9.17, 15) is 0 Å². The molecule has 15 heavy (non-hydrogen) atoms. The van der Waals surface area contributed by atoms with E-state index < -0.39 is 0 Å². The van der Waals surface area contributed by atoms with Gasteiger partial charge in [-0.25, -0.2) is 4.58 Å². The summed E-state index contributed by atoms with van der Waals surface area (Å²) in [7, 11) is 0. The van der Waals surface area contributed by atoms with Gasteiger partial charge in [0, 0.05) is 5.56 Å². The second-order valence-electron chi connectivity index (χ2n) is 3.61. The van der Waals surface area contributed by atoms with Crippen LogP contribution in [0.4, 0.5) is 0 Å². The van der Waals surface area contributed by atoms with Gasteiger partial charge in [0.25, 0.3) is 6.34 Å². The number of fused-ring (bicyclic) bond motifs is 1. The van der Waals surface area contributed by atoms with Crippen molar-refractivity contribution >= 4 is 12.1 Å². The molecule has 2 nitrogen and oxygen atoms in total. The van der Waals surface area contributed by atoms with E-state index in [-0.39, 0.29) is 6.04 Å². The third-order valence-corrected chi connectivity index (χ3v) is 2.66. The quantitative estimate of drug-likeness (QED) is 0.609. The Morgan fingerprint density at radius 2 is 1.93 bits per heavy atom. The first-order chi connectivity index (χ1) is 7.45. The Balaban J connectivity index is 1.99. The molecule has 2 heteroatoms. The molecule has 0 fully saturated rings. The molecule has 0 aromatic heterocycles. The minimum atomic E-state index is 0.275. The van der Waals surface area contributed by atoms with E-state index in [0.717, 1.165) is 5.71 Å². The van der Waals surface area contributed by atoms with Gasteiger partial charge in [0.2, 0.25) is 5.71 Å². The fourth-order valence-corrected chi connectivity index (χ4v) is 1.91. The number of aliphatic imine (C=N–C) groups is 1. The highest BCUT2D eigenvalue weighted by atomic mass is 15.1. The second kappa shape index (κ2) is 3.31. The van der Waals surface area contributed by atoms with E-state index >= 15 is 0 Å². The Morgan fingerprint density at radius 3 is 2.80 bits per heavy atom. The number of rotatable bonds is 1. The summed E-state index contributed by atoms with van der Waals surface area (Å²) in [6.07, 6.45) is 10.2. The van der Waals surface area contributed by atoms with E-state index in [1.54, 1.807) is 0 Å². The van der Waals surface area contributed by atoms with Crippen LogP contribution in [-0.4, -0.2) is 22.7 Å². The zero-order valence-corrected chi connectivity index (χ0v) is 8.25. The van der Waals surface area contributed by atoms with Crippen LogP contribution in [-0.2, 0) is 0 Å².